The van der Waals surface area contributed by atoms with E-state index in [0.717, 1.165) is 23.8 Å². The van der Waals surface area contributed by atoms with E-state index in [9.17, 15) is 0 Å². The Labute approximate surface area is 100 Å². The number of nitrogen functional groups attached to an aromatic ring is 1. The first-order valence-electron chi connectivity index (χ1n) is 5.57. The lowest BCUT2D eigenvalue weighted by atomic mass is 10.3. The molecule has 90 valence electrons. The van der Waals surface area contributed by atoms with Crippen molar-refractivity contribution in [1.29, 1.82) is 0 Å². The normalized spacial score (nSPS) is 10.5. The number of hydrogen-bond acceptors (Lipinski definition) is 5. The lowest BCUT2D eigenvalue weighted by Gasteiger charge is -2.21. The van der Waals surface area contributed by atoms with Crippen LogP contribution in [-0.2, 0) is 6.54 Å². The summed E-state index contributed by atoms with van der Waals surface area (Å²) in [5, 5.41) is 0. The predicted octanol–water partition coefficient (Wildman–Crippen LogP) is 1.99. The van der Waals surface area contributed by atoms with Gasteiger partial charge in [-0.2, -0.15) is 4.98 Å². The van der Waals surface area contributed by atoms with Crippen molar-refractivity contribution in [3.05, 3.63) is 35.9 Å². The third-order valence-electron chi connectivity index (χ3n) is 2.49. The van der Waals surface area contributed by atoms with Crippen LogP contribution in [0.3, 0.4) is 0 Å². The zero-order valence-electron chi connectivity index (χ0n) is 10.1. The monoisotopic (exact) mass is 232 g/mol. The molecule has 0 radical (unpaired) electrons. The maximum Gasteiger partial charge on any atom is 0.222 e. The van der Waals surface area contributed by atoms with Crippen molar-refractivity contribution in [2.24, 2.45) is 0 Å². The Bertz CT molecular complexity index is 461. The van der Waals surface area contributed by atoms with Gasteiger partial charge in [-0.15, -0.1) is 0 Å². The van der Waals surface area contributed by atoms with E-state index in [2.05, 4.69) is 21.8 Å². The second-order valence-electron chi connectivity index (χ2n) is 3.82. The molecule has 5 nitrogen and oxygen atoms in total. The fourth-order valence-corrected chi connectivity index (χ4v) is 1.68. The van der Waals surface area contributed by atoms with Gasteiger partial charge in [0.2, 0.25) is 5.95 Å². The van der Waals surface area contributed by atoms with Crippen molar-refractivity contribution < 1.29 is 4.42 Å². The largest absolute Gasteiger partial charge is 0.467 e. The molecule has 17 heavy (non-hydrogen) atoms. The van der Waals surface area contributed by atoms with Crippen LogP contribution >= 0.6 is 0 Å². The van der Waals surface area contributed by atoms with Crippen LogP contribution in [0.2, 0.25) is 0 Å². The third-order valence-corrected chi connectivity index (χ3v) is 2.49. The smallest absolute Gasteiger partial charge is 0.222 e. The minimum Gasteiger partial charge on any atom is -0.467 e. The highest BCUT2D eigenvalue weighted by Crippen LogP contribution is 2.16. The summed E-state index contributed by atoms with van der Waals surface area (Å²) in [6, 6.07) is 5.74. The Morgan fingerprint density at radius 1 is 1.41 bits per heavy atom. The average molecular weight is 232 g/mol. The van der Waals surface area contributed by atoms with E-state index in [1.807, 2.05) is 25.1 Å². The number of aryl methyl sites for hydroxylation is 1. The summed E-state index contributed by atoms with van der Waals surface area (Å²) in [6.07, 6.45) is 1.67. The lowest BCUT2D eigenvalue weighted by molar-refractivity contribution is 0.503. The molecule has 2 rings (SSSR count). The van der Waals surface area contributed by atoms with Crippen LogP contribution < -0.4 is 10.6 Å². The Morgan fingerprint density at radius 3 is 2.82 bits per heavy atom. The van der Waals surface area contributed by atoms with Crippen molar-refractivity contribution in [3.8, 4) is 0 Å². The summed E-state index contributed by atoms with van der Waals surface area (Å²) in [5.74, 6) is 2.04. The quantitative estimate of drug-likeness (QED) is 0.873. The van der Waals surface area contributed by atoms with Gasteiger partial charge in [0.1, 0.15) is 11.6 Å². The van der Waals surface area contributed by atoms with Gasteiger partial charge in [0.15, 0.2) is 0 Å². The summed E-state index contributed by atoms with van der Waals surface area (Å²) < 4.78 is 5.33. The molecule has 0 aromatic carbocycles. The topological polar surface area (TPSA) is 68.2 Å². The average Bonchev–Trinajstić information content (AvgIpc) is 2.77. The van der Waals surface area contributed by atoms with Crippen LogP contribution in [0.25, 0.3) is 0 Å². The van der Waals surface area contributed by atoms with Gasteiger partial charge in [-0.1, -0.05) is 0 Å². The molecule has 0 aliphatic heterocycles. The highest BCUT2D eigenvalue weighted by Gasteiger charge is 2.10. The minimum atomic E-state index is 0.304. The second kappa shape index (κ2) is 4.86. The molecule has 0 fully saturated rings. The molecular formula is C12H16N4O. The highest BCUT2D eigenvalue weighted by atomic mass is 16.3. The van der Waals surface area contributed by atoms with Gasteiger partial charge >= 0.3 is 0 Å². The molecule has 0 unspecified atom stereocenters. The lowest BCUT2D eigenvalue weighted by Crippen LogP contribution is -2.23. The van der Waals surface area contributed by atoms with Crippen molar-refractivity contribution in [1.82, 2.24) is 9.97 Å². The molecule has 5 heteroatoms. The maximum atomic E-state index is 5.65. The number of nitrogens with two attached hydrogens (primary N) is 1. The Kier molecular flexibility index (Phi) is 3.27. The van der Waals surface area contributed by atoms with E-state index in [1.54, 1.807) is 6.26 Å². The number of nitrogens with zero attached hydrogens (tertiary/aromatic N) is 3. The number of aromatic nitrogens is 2. The van der Waals surface area contributed by atoms with Crippen molar-refractivity contribution in [2.45, 2.75) is 20.4 Å². The van der Waals surface area contributed by atoms with Gasteiger partial charge in [0.25, 0.3) is 0 Å². The van der Waals surface area contributed by atoms with Crippen LogP contribution in [-0.4, -0.2) is 16.5 Å². The van der Waals surface area contributed by atoms with E-state index in [1.165, 1.54) is 0 Å². The molecular weight excluding hydrogens is 216 g/mol. The molecule has 0 spiro atoms. The standard InChI is InChI=1S/C12H16N4O/c1-3-16(8-10-5-4-6-17-10)11-7-9(2)14-12(13)15-11/h4-7H,3,8H2,1-2H3,(H2,13,14,15). The highest BCUT2D eigenvalue weighted by molar-refractivity contribution is 5.43. The first-order valence-corrected chi connectivity index (χ1v) is 5.57. The molecule has 0 bridgehead atoms. The van der Waals surface area contributed by atoms with Crippen LogP contribution in [0.4, 0.5) is 11.8 Å². The van der Waals surface area contributed by atoms with Crippen LogP contribution in [0.1, 0.15) is 18.4 Å². The zero-order valence-corrected chi connectivity index (χ0v) is 10.1. The van der Waals surface area contributed by atoms with Crippen LogP contribution in [0.5, 0.6) is 0 Å². The molecule has 0 saturated carbocycles. The fraction of sp³-hybridized carbons (Fsp3) is 0.333. The number of furan rings is 1. The molecule has 0 aliphatic carbocycles. The maximum absolute atomic E-state index is 5.65. The first kappa shape index (κ1) is 11.4. The van der Waals surface area contributed by atoms with Gasteiger partial charge in [-0.05, 0) is 26.0 Å². The number of rotatable bonds is 4. The SMILES string of the molecule is CCN(Cc1ccco1)c1cc(C)nc(N)n1. The molecule has 0 amide bonds. The summed E-state index contributed by atoms with van der Waals surface area (Å²) in [5.41, 5.74) is 6.52. The van der Waals surface area contributed by atoms with Crippen molar-refractivity contribution in [3.63, 3.8) is 0 Å². The van der Waals surface area contributed by atoms with Crippen LogP contribution in [0, 0.1) is 6.92 Å². The molecule has 2 heterocycles. The Hall–Kier alpha value is -2.04. The Balaban J connectivity index is 2.22. The summed E-state index contributed by atoms with van der Waals surface area (Å²) in [7, 11) is 0. The molecule has 0 aliphatic rings. The fourth-order valence-electron chi connectivity index (χ4n) is 1.68. The van der Waals surface area contributed by atoms with Gasteiger partial charge < -0.3 is 15.1 Å². The first-order chi connectivity index (χ1) is 8.19. The zero-order chi connectivity index (χ0) is 12.3. The molecule has 0 saturated heterocycles. The van der Waals surface area contributed by atoms with Gasteiger partial charge in [0.05, 0.1) is 12.8 Å². The van der Waals surface area contributed by atoms with E-state index < -0.39 is 0 Å². The van der Waals surface area contributed by atoms with Crippen molar-refractivity contribution >= 4 is 11.8 Å². The minimum absolute atomic E-state index is 0.304. The summed E-state index contributed by atoms with van der Waals surface area (Å²) in [6.45, 7) is 5.48. The van der Waals surface area contributed by atoms with Crippen LogP contribution in [0.15, 0.2) is 28.9 Å². The second-order valence-corrected chi connectivity index (χ2v) is 3.82. The summed E-state index contributed by atoms with van der Waals surface area (Å²) in [4.78, 5) is 10.4. The van der Waals surface area contributed by atoms with E-state index in [0.29, 0.717) is 12.5 Å². The molecule has 2 aromatic rings. The van der Waals surface area contributed by atoms with Gasteiger partial charge in [0, 0.05) is 18.3 Å². The summed E-state index contributed by atoms with van der Waals surface area (Å²) >= 11 is 0. The number of anilines is 2. The third kappa shape index (κ3) is 2.75. The van der Waals surface area contributed by atoms with E-state index in [4.69, 9.17) is 10.2 Å². The molecule has 2 N–H and O–H groups in total. The van der Waals surface area contributed by atoms with E-state index in [-0.39, 0.29) is 0 Å². The van der Waals surface area contributed by atoms with Gasteiger partial charge in [-0.3, -0.25) is 0 Å². The van der Waals surface area contributed by atoms with Crippen molar-refractivity contribution in [2.75, 3.05) is 17.2 Å². The molecule has 0 atom stereocenters. The molecule has 2 aromatic heterocycles. The van der Waals surface area contributed by atoms with E-state index >= 15 is 0 Å². The Morgan fingerprint density at radius 2 is 2.24 bits per heavy atom. The number of hydrogen-bond donors (Lipinski definition) is 1. The van der Waals surface area contributed by atoms with Gasteiger partial charge in [-0.25, -0.2) is 4.98 Å². The predicted molar refractivity (Wildman–Crippen MR) is 66.6 cm³/mol.